The summed E-state index contributed by atoms with van der Waals surface area (Å²) < 4.78 is 38.5. The molecular weight excluding hydrogens is 261 g/mol. The average molecular weight is 272 g/mol. The molecule has 2 rings (SSSR count). The topological polar surface area (TPSA) is 44.6 Å². The number of aliphatic imine (C=N–C) groups is 1. The smallest absolute Gasteiger partial charge is 0.252 e. The number of hydrogen-bond donors (Lipinski definition) is 2. The third-order valence-electron chi connectivity index (χ3n) is 2.56. The predicted molar refractivity (Wildman–Crippen MR) is 59.9 cm³/mol. The van der Waals surface area contributed by atoms with Crippen molar-refractivity contribution >= 4 is 28.7 Å². The minimum Gasteiger partial charge on any atom is -0.389 e. The first-order valence-corrected chi connectivity index (χ1v) is 6.52. The molecule has 16 heavy (non-hydrogen) atoms. The van der Waals surface area contributed by atoms with Gasteiger partial charge in [-0.2, -0.15) is 0 Å². The maximum Gasteiger partial charge on any atom is 0.252 e. The van der Waals surface area contributed by atoms with Crippen LogP contribution in [0.1, 0.15) is 0 Å². The molecule has 0 aromatic carbocycles. The standard InChI is InChI=1S/C8H11F3N2OS2/c1-12-8-13-3-2(9)4(14)5(6(10)11)15-7(3)16-8/h2-7,14H,1H3,(H,12,13). The quantitative estimate of drug-likeness (QED) is 0.750. The fourth-order valence-electron chi connectivity index (χ4n) is 1.72. The summed E-state index contributed by atoms with van der Waals surface area (Å²) in [5.74, 6) is 0. The molecule has 5 unspecified atom stereocenters. The maximum absolute atomic E-state index is 13.7. The Bertz CT molecular complexity index is 305. The molecule has 2 saturated heterocycles. The highest BCUT2D eigenvalue weighted by Crippen LogP contribution is 2.45. The molecule has 0 aromatic heterocycles. The Hall–Kier alpha value is -0.0800. The number of amidine groups is 1. The number of fused-ring (bicyclic) bond motifs is 1. The van der Waals surface area contributed by atoms with E-state index in [1.807, 2.05) is 0 Å². The van der Waals surface area contributed by atoms with Gasteiger partial charge in [-0.25, -0.2) is 13.2 Å². The van der Waals surface area contributed by atoms with Crippen LogP contribution in [0, 0.1) is 0 Å². The van der Waals surface area contributed by atoms with Crippen LogP contribution in [0.15, 0.2) is 4.99 Å². The van der Waals surface area contributed by atoms with Crippen molar-refractivity contribution in [1.29, 1.82) is 0 Å². The van der Waals surface area contributed by atoms with Gasteiger partial charge in [0.25, 0.3) is 6.43 Å². The molecule has 3 nitrogen and oxygen atoms in total. The summed E-state index contributed by atoms with van der Waals surface area (Å²) in [4.78, 5) is 3.86. The van der Waals surface area contributed by atoms with Crippen molar-refractivity contribution in [2.75, 3.05) is 7.05 Å². The van der Waals surface area contributed by atoms with E-state index in [0.717, 1.165) is 11.8 Å². The van der Waals surface area contributed by atoms with Gasteiger partial charge in [0.05, 0.1) is 15.9 Å². The number of aliphatic hydroxyl groups is 1. The number of nitrogens with one attached hydrogen (secondary N) is 1. The van der Waals surface area contributed by atoms with Gasteiger partial charge in [0.2, 0.25) is 0 Å². The van der Waals surface area contributed by atoms with E-state index in [9.17, 15) is 18.3 Å². The first kappa shape index (κ1) is 12.4. The van der Waals surface area contributed by atoms with E-state index < -0.39 is 30.0 Å². The Morgan fingerprint density at radius 1 is 1.50 bits per heavy atom. The molecule has 2 aliphatic heterocycles. The molecule has 2 N–H and O–H groups in total. The highest BCUT2D eigenvalue weighted by molar-refractivity contribution is 8.25. The van der Waals surface area contributed by atoms with Crippen LogP contribution in [0.5, 0.6) is 0 Å². The van der Waals surface area contributed by atoms with Crippen molar-refractivity contribution in [2.24, 2.45) is 4.99 Å². The van der Waals surface area contributed by atoms with Crippen LogP contribution in [0.3, 0.4) is 0 Å². The fraction of sp³-hybridized carbons (Fsp3) is 0.875. The molecule has 0 radical (unpaired) electrons. The number of rotatable bonds is 1. The maximum atomic E-state index is 13.7. The minimum absolute atomic E-state index is 0.351. The van der Waals surface area contributed by atoms with E-state index in [4.69, 9.17) is 0 Å². The van der Waals surface area contributed by atoms with Crippen molar-refractivity contribution in [3.63, 3.8) is 0 Å². The number of nitrogens with zero attached hydrogens (tertiary/aromatic N) is 1. The highest BCUT2D eigenvalue weighted by Gasteiger charge is 2.52. The lowest BCUT2D eigenvalue weighted by molar-refractivity contribution is 0.00860. The fourth-order valence-corrected chi connectivity index (χ4v) is 4.63. The van der Waals surface area contributed by atoms with Gasteiger partial charge in [0.15, 0.2) is 5.17 Å². The minimum atomic E-state index is -2.72. The Labute approximate surface area is 99.3 Å². The van der Waals surface area contributed by atoms with Crippen molar-refractivity contribution in [1.82, 2.24) is 5.32 Å². The number of thioether (sulfide) groups is 2. The van der Waals surface area contributed by atoms with Gasteiger partial charge in [0.1, 0.15) is 12.3 Å². The third kappa shape index (κ3) is 2.02. The summed E-state index contributed by atoms with van der Waals surface area (Å²) in [6.07, 6.45) is -6.03. The molecule has 5 atom stereocenters. The first-order chi connectivity index (χ1) is 7.54. The van der Waals surface area contributed by atoms with Gasteiger partial charge in [-0.1, -0.05) is 11.8 Å². The summed E-state index contributed by atoms with van der Waals surface area (Å²) in [6.45, 7) is 0. The highest BCUT2D eigenvalue weighted by atomic mass is 32.2. The number of aliphatic hydroxyl groups excluding tert-OH is 1. The molecule has 2 fully saturated rings. The van der Waals surface area contributed by atoms with E-state index >= 15 is 0 Å². The Morgan fingerprint density at radius 3 is 2.75 bits per heavy atom. The van der Waals surface area contributed by atoms with Gasteiger partial charge in [-0.15, -0.1) is 11.8 Å². The second kappa shape index (κ2) is 4.66. The Balaban J connectivity index is 2.15. The van der Waals surface area contributed by atoms with Gasteiger partial charge in [-0.3, -0.25) is 4.99 Å². The van der Waals surface area contributed by atoms with E-state index in [0.29, 0.717) is 5.17 Å². The molecule has 2 aliphatic rings. The lowest BCUT2D eigenvalue weighted by Crippen LogP contribution is -2.54. The number of hydrogen-bond acceptors (Lipinski definition) is 4. The van der Waals surface area contributed by atoms with Crippen LogP contribution in [0.2, 0.25) is 0 Å². The molecule has 0 saturated carbocycles. The van der Waals surface area contributed by atoms with Gasteiger partial charge in [0, 0.05) is 7.05 Å². The molecule has 0 bridgehead atoms. The van der Waals surface area contributed by atoms with Crippen LogP contribution >= 0.6 is 23.5 Å². The molecule has 92 valence electrons. The van der Waals surface area contributed by atoms with Crippen LogP contribution in [-0.2, 0) is 0 Å². The van der Waals surface area contributed by atoms with Gasteiger partial charge < -0.3 is 10.4 Å². The zero-order valence-corrected chi connectivity index (χ0v) is 9.94. The molecule has 0 aromatic rings. The molecular formula is C8H11F3N2OS2. The van der Waals surface area contributed by atoms with Crippen molar-refractivity contribution in [3.8, 4) is 0 Å². The van der Waals surface area contributed by atoms with E-state index in [1.165, 1.54) is 11.8 Å². The largest absolute Gasteiger partial charge is 0.389 e. The van der Waals surface area contributed by atoms with Crippen LogP contribution < -0.4 is 5.32 Å². The zero-order chi connectivity index (χ0) is 11.9. The number of alkyl halides is 3. The van der Waals surface area contributed by atoms with E-state index in [1.54, 1.807) is 7.05 Å². The SMILES string of the molecule is CN=C1NC2C(S1)SC(C(F)F)C(O)C2F. The molecule has 0 spiro atoms. The molecule has 0 aliphatic carbocycles. The van der Waals surface area contributed by atoms with Crippen LogP contribution in [0.4, 0.5) is 13.2 Å². The molecule has 8 heteroatoms. The van der Waals surface area contributed by atoms with Crippen LogP contribution in [0.25, 0.3) is 0 Å². The second-order valence-electron chi connectivity index (χ2n) is 3.56. The first-order valence-electron chi connectivity index (χ1n) is 4.70. The Kier molecular flexibility index (Phi) is 3.60. The normalized spacial score (nSPS) is 45.9. The van der Waals surface area contributed by atoms with Gasteiger partial charge >= 0.3 is 0 Å². The van der Waals surface area contributed by atoms with E-state index in [2.05, 4.69) is 10.3 Å². The summed E-state index contributed by atoms with van der Waals surface area (Å²) in [5, 5.41) is 11.4. The zero-order valence-electron chi connectivity index (χ0n) is 8.31. The summed E-state index contributed by atoms with van der Waals surface area (Å²) in [7, 11) is 1.55. The third-order valence-corrected chi connectivity index (χ3v) is 5.59. The number of halogens is 3. The van der Waals surface area contributed by atoms with Crippen molar-refractivity contribution in [3.05, 3.63) is 0 Å². The second-order valence-corrected chi connectivity index (χ2v) is 6.31. The predicted octanol–water partition coefficient (Wildman–Crippen LogP) is 1.08. The summed E-state index contributed by atoms with van der Waals surface area (Å²) >= 11 is 2.16. The summed E-state index contributed by atoms with van der Waals surface area (Å²) in [5.41, 5.74) is 0. The average Bonchev–Trinajstić information content (AvgIpc) is 2.66. The van der Waals surface area contributed by atoms with E-state index in [-0.39, 0.29) is 4.58 Å². The monoisotopic (exact) mass is 272 g/mol. The lowest BCUT2D eigenvalue weighted by Gasteiger charge is -2.36. The van der Waals surface area contributed by atoms with Gasteiger partial charge in [-0.05, 0) is 0 Å². The van der Waals surface area contributed by atoms with Crippen molar-refractivity contribution < 1.29 is 18.3 Å². The molecule has 0 amide bonds. The lowest BCUT2D eigenvalue weighted by atomic mass is 10.0. The molecule has 2 heterocycles. The van der Waals surface area contributed by atoms with Crippen molar-refractivity contribution in [2.45, 2.75) is 34.6 Å². The summed E-state index contributed by atoms with van der Waals surface area (Å²) in [6, 6.07) is -0.640. The van der Waals surface area contributed by atoms with Crippen LogP contribution in [-0.4, -0.2) is 51.9 Å². The Morgan fingerprint density at radius 2 is 2.19 bits per heavy atom.